The lowest BCUT2D eigenvalue weighted by Crippen LogP contribution is -2.44. The van der Waals surface area contributed by atoms with Crippen LogP contribution in [0.2, 0.25) is 0 Å². The molecule has 6 heteroatoms. The number of aromatic nitrogens is 2. The third-order valence-electron chi connectivity index (χ3n) is 6.89. The molecule has 1 aliphatic heterocycles. The van der Waals surface area contributed by atoms with Gasteiger partial charge in [0.25, 0.3) is 0 Å². The summed E-state index contributed by atoms with van der Waals surface area (Å²) >= 11 is 0. The minimum atomic E-state index is -0.419. The quantitative estimate of drug-likeness (QED) is 0.377. The van der Waals surface area contributed by atoms with Gasteiger partial charge < -0.3 is 20.1 Å². The number of nitrogens with one attached hydrogen (secondary N) is 2. The molecule has 6 nitrogen and oxygen atoms in total. The zero-order chi connectivity index (χ0) is 24.2. The van der Waals surface area contributed by atoms with Crippen LogP contribution in [0.25, 0.3) is 11.0 Å². The molecular formula is C29H33N5O. The second-order valence-electron chi connectivity index (χ2n) is 9.46. The Bertz CT molecular complexity index is 1270. The highest BCUT2D eigenvalue weighted by Crippen LogP contribution is 2.26. The van der Waals surface area contributed by atoms with Gasteiger partial charge in [0, 0.05) is 49.9 Å². The fraction of sp³-hybridized carbons (Fsp3) is 0.310. The fourth-order valence-electron chi connectivity index (χ4n) is 4.69. The van der Waals surface area contributed by atoms with Crippen molar-refractivity contribution >= 4 is 22.6 Å². The maximum atomic E-state index is 13.8. The Kier molecular flexibility index (Phi) is 6.93. The van der Waals surface area contributed by atoms with Gasteiger partial charge in [-0.15, -0.1) is 0 Å². The molecule has 180 valence electrons. The Hall–Kier alpha value is -3.48. The summed E-state index contributed by atoms with van der Waals surface area (Å²) in [4.78, 5) is 26.5. The summed E-state index contributed by atoms with van der Waals surface area (Å²) in [5.74, 6) is 1.02. The lowest BCUT2D eigenvalue weighted by Gasteiger charge is -2.33. The first-order valence-electron chi connectivity index (χ1n) is 12.4. The summed E-state index contributed by atoms with van der Waals surface area (Å²) in [5.41, 5.74) is 4.92. The normalized spacial score (nSPS) is 15.4. The third kappa shape index (κ3) is 5.29. The summed E-state index contributed by atoms with van der Waals surface area (Å²) in [5, 5.41) is 4.39. The summed E-state index contributed by atoms with van der Waals surface area (Å²) in [6, 6.07) is 22.2. The molecule has 0 amide bonds. The largest absolute Gasteiger partial charge is 0.354 e. The monoisotopic (exact) mass is 467 g/mol. The predicted octanol–water partition coefficient (Wildman–Crippen LogP) is 4.38. The van der Waals surface area contributed by atoms with Gasteiger partial charge in [-0.25, -0.2) is 4.98 Å². The number of ketones is 1. The van der Waals surface area contributed by atoms with E-state index in [1.165, 1.54) is 11.1 Å². The van der Waals surface area contributed by atoms with Crippen LogP contribution in [0.15, 0.2) is 72.9 Å². The number of benzene rings is 2. The van der Waals surface area contributed by atoms with Gasteiger partial charge in [-0.2, -0.15) is 0 Å². The Morgan fingerprint density at radius 1 is 1.00 bits per heavy atom. The van der Waals surface area contributed by atoms with E-state index in [1.54, 1.807) is 0 Å². The Labute approximate surface area is 207 Å². The first-order chi connectivity index (χ1) is 17.1. The Morgan fingerprint density at radius 2 is 1.74 bits per heavy atom. The lowest BCUT2D eigenvalue weighted by molar-refractivity contribution is 0.0945. The number of carbonyl (C=O) groups is 1. The van der Waals surface area contributed by atoms with Gasteiger partial charge in [0.05, 0.1) is 6.04 Å². The van der Waals surface area contributed by atoms with E-state index in [2.05, 4.69) is 58.3 Å². The molecule has 5 rings (SSSR count). The SMILES string of the molecule is Cc1ccc(CCN[C@H](C(=O)c2c[nH]c3nc(N4CCN(C)CC4)ccc23)c2ccccc2)cc1. The summed E-state index contributed by atoms with van der Waals surface area (Å²) in [7, 11) is 2.15. The van der Waals surface area contributed by atoms with Crippen LogP contribution in [-0.2, 0) is 6.42 Å². The fourth-order valence-corrected chi connectivity index (χ4v) is 4.69. The van der Waals surface area contributed by atoms with Crippen molar-refractivity contribution < 1.29 is 4.79 Å². The summed E-state index contributed by atoms with van der Waals surface area (Å²) in [6.07, 6.45) is 2.67. The van der Waals surface area contributed by atoms with E-state index in [0.717, 1.165) is 55.0 Å². The number of carbonyl (C=O) groups excluding carboxylic acids is 1. The van der Waals surface area contributed by atoms with Gasteiger partial charge >= 0.3 is 0 Å². The molecule has 0 spiro atoms. The maximum Gasteiger partial charge on any atom is 0.186 e. The van der Waals surface area contributed by atoms with E-state index in [9.17, 15) is 4.79 Å². The van der Waals surface area contributed by atoms with Crippen molar-refractivity contribution in [3.05, 3.63) is 95.2 Å². The van der Waals surface area contributed by atoms with Crippen molar-refractivity contribution in [3.63, 3.8) is 0 Å². The molecule has 2 N–H and O–H groups in total. The molecule has 1 fully saturated rings. The van der Waals surface area contributed by atoms with Crippen LogP contribution in [0, 0.1) is 6.92 Å². The molecule has 1 aliphatic rings. The van der Waals surface area contributed by atoms with Gasteiger partial charge in [-0.3, -0.25) is 4.79 Å². The number of fused-ring (bicyclic) bond motifs is 1. The van der Waals surface area contributed by atoms with Gasteiger partial charge in [0.2, 0.25) is 0 Å². The lowest BCUT2D eigenvalue weighted by atomic mass is 9.97. The number of H-pyrrole nitrogens is 1. The van der Waals surface area contributed by atoms with E-state index >= 15 is 0 Å². The molecule has 2 aromatic carbocycles. The molecule has 2 aromatic heterocycles. The number of likely N-dealkylation sites (N-methyl/N-ethyl adjacent to an activating group) is 1. The smallest absolute Gasteiger partial charge is 0.186 e. The summed E-state index contributed by atoms with van der Waals surface area (Å²) in [6.45, 7) is 6.78. The van der Waals surface area contributed by atoms with E-state index < -0.39 is 6.04 Å². The molecule has 0 bridgehead atoms. The average molecular weight is 468 g/mol. The van der Waals surface area contributed by atoms with Crippen molar-refractivity contribution in [3.8, 4) is 0 Å². The van der Waals surface area contributed by atoms with Gasteiger partial charge in [0.1, 0.15) is 11.5 Å². The van der Waals surface area contributed by atoms with Crippen molar-refractivity contribution in [1.82, 2.24) is 20.2 Å². The number of piperazine rings is 1. The number of Topliss-reactive ketones (excluding diaryl/α,β-unsaturated/α-hetero) is 1. The van der Waals surface area contributed by atoms with Gasteiger partial charge in [0.15, 0.2) is 5.78 Å². The van der Waals surface area contributed by atoms with E-state index in [-0.39, 0.29) is 5.78 Å². The number of hydrogen-bond donors (Lipinski definition) is 2. The van der Waals surface area contributed by atoms with Crippen LogP contribution in [-0.4, -0.2) is 60.4 Å². The molecule has 0 unspecified atom stereocenters. The highest BCUT2D eigenvalue weighted by molar-refractivity contribution is 6.10. The first kappa shape index (κ1) is 23.3. The number of pyridine rings is 1. The van der Waals surface area contributed by atoms with Crippen molar-refractivity contribution in [1.29, 1.82) is 0 Å². The number of hydrogen-bond acceptors (Lipinski definition) is 5. The molecule has 0 radical (unpaired) electrons. The molecule has 1 saturated heterocycles. The zero-order valence-corrected chi connectivity index (χ0v) is 20.5. The second kappa shape index (κ2) is 10.4. The van der Waals surface area contributed by atoms with Crippen LogP contribution in [0.1, 0.15) is 33.1 Å². The van der Waals surface area contributed by atoms with Crippen LogP contribution in [0.3, 0.4) is 0 Å². The molecule has 0 aliphatic carbocycles. The number of nitrogens with zero attached hydrogens (tertiary/aromatic N) is 3. The Morgan fingerprint density at radius 3 is 2.49 bits per heavy atom. The molecule has 35 heavy (non-hydrogen) atoms. The number of aromatic amines is 1. The van der Waals surface area contributed by atoms with Crippen LogP contribution < -0.4 is 10.2 Å². The highest BCUT2D eigenvalue weighted by atomic mass is 16.1. The molecular weight excluding hydrogens is 434 g/mol. The average Bonchev–Trinajstić information content (AvgIpc) is 3.32. The number of rotatable bonds is 8. The molecule has 4 aromatic rings. The molecule has 0 saturated carbocycles. The van der Waals surface area contributed by atoms with Crippen molar-refractivity contribution in [2.75, 3.05) is 44.7 Å². The summed E-state index contributed by atoms with van der Waals surface area (Å²) < 4.78 is 0. The van der Waals surface area contributed by atoms with Crippen LogP contribution in [0.5, 0.6) is 0 Å². The van der Waals surface area contributed by atoms with Crippen LogP contribution in [0.4, 0.5) is 5.82 Å². The minimum Gasteiger partial charge on any atom is -0.354 e. The van der Waals surface area contributed by atoms with Crippen molar-refractivity contribution in [2.24, 2.45) is 0 Å². The van der Waals surface area contributed by atoms with E-state index in [1.807, 2.05) is 48.7 Å². The molecule has 1 atom stereocenters. The van der Waals surface area contributed by atoms with E-state index in [0.29, 0.717) is 12.1 Å². The third-order valence-corrected chi connectivity index (χ3v) is 6.89. The number of aryl methyl sites for hydroxylation is 1. The minimum absolute atomic E-state index is 0.0560. The van der Waals surface area contributed by atoms with Gasteiger partial charge in [-0.05, 0) is 43.7 Å². The Balaban J connectivity index is 1.36. The zero-order valence-electron chi connectivity index (χ0n) is 20.5. The van der Waals surface area contributed by atoms with Gasteiger partial charge in [-0.1, -0.05) is 60.2 Å². The first-order valence-corrected chi connectivity index (χ1v) is 12.4. The van der Waals surface area contributed by atoms with E-state index in [4.69, 9.17) is 4.98 Å². The topological polar surface area (TPSA) is 64.3 Å². The second-order valence-corrected chi connectivity index (χ2v) is 9.46. The van der Waals surface area contributed by atoms with Crippen LogP contribution >= 0.6 is 0 Å². The molecule has 3 heterocycles. The predicted molar refractivity (Wildman–Crippen MR) is 142 cm³/mol. The number of anilines is 1. The standard InChI is InChI=1S/C29H33N5O/c1-21-8-10-22(11-9-21)14-15-30-27(23-6-4-3-5-7-23)28(35)25-20-31-29-24(25)12-13-26(32-29)34-18-16-33(2)17-19-34/h3-13,20,27,30H,14-19H2,1-2H3,(H,31,32)/t27-/m0/s1. The highest BCUT2D eigenvalue weighted by Gasteiger charge is 2.25. The maximum absolute atomic E-state index is 13.8. The van der Waals surface area contributed by atoms with Crippen molar-refractivity contribution in [2.45, 2.75) is 19.4 Å².